The van der Waals surface area contributed by atoms with Crippen molar-refractivity contribution in [1.29, 1.82) is 0 Å². The number of anilines is 1. The van der Waals surface area contributed by atoms with Crippen LogP contribution in [0.5, 0.6) is 0 Å². The third kappa shape index (κ3) is 5.40. The molecule has 1 aromatic carbocycles. The molecule has 0 fully saturated rings. The van der Waals surface area contributed by atoms with Gasteiger partial charge in [0.05, 0.1) is 11.1 Å². The molecule has 0 saturated carbocycles. The van der Waals surface area contributed by atoms with E-state index < -0.39 is 23.8 Å². The molecular formula is C20H26N4O5. The van der Waals surface area contributed by atoms with E-state index in [-0.39, 0.29) is 24.0 Å². The molecule has 9 nitrogen and oxygen atoms in total. The second-order valence-electron chi connectivity index (χ2n) is 6.67. The van der Waals surface area contributed by atoms with Crippen molar-refractivity contribution in [2.24, 2.45) is 0 Å². The standard InChI is InChI=1S/C20H26N4O5/c1-21-18(27)17(6-5-11-25)24-19(28)15-8-7-14(12-16(15)20(24)29)23-10-4-2-3-9-22-13-26/h7-8,11-13,17,23H,2-6,9-10H2,1H3,(H,21,27)(H,22,26). The molecule has 0 aromatic heterocycles. The highest BCUT2D eigenvalue weighted by Gasteiger charge is 2.42. The second kappa shape index (κ2) is 10.9. The summed E-state index contributed by atoms with van der Waals surface area (Å²) in [6.07, 6.45) is 4.20. The highest BCUT2D eigenvalue weighted by Crippen LogP contribution is 2.28. The highest BCUT2D eigenvalue weighted by molar-refractivity contribution is 6.23. The van der Waals surface area contributed by atoms with Gasteiger partial charge in [-0.1, -0.05) is 0 Å². The smallest absolute Gasteiger partial charge is 0.262 e. The van der Waals surface area contributed by atoms with Gasteiger partial charge in [0.1, 0.15) is 12.3 Å². The van der Waals surface area contributed by atoms with Crippen LogP contribution in [0.4, 0.5) is 5.69 Å². The number of hydrogen-bond donors (Lipinski definition) is 3. The molecule has 1 aliphatic heterocycles. The molecule has 0 spiro atoms. The van der Waals surface area contributed by atoms with E-state index in [9.17, 15) is 24.0 Å². The third-order valence-corrected chi connectivity index (χ3v) is 4.75. The number of benzene rings is 1. The number of nitrogens with zero attached hydrogens (tertiary/aromatic N) is 1. The number of amides is 4. The van der Waals surface area contributed by atoms with Gasteiger partial charge in [0, 0.05) is 32.2 Å². The molecule has 0 saturated heterocycles. The quantitative estimate of drug-likeness (QED) is 0.253. The zero-order chi connectivity index (χ0) is 21.2. The largest absolute Gasteiger partial charge is 0.385 e. The predicted octanol–water partition coefficient (Wildman–Crippen LogP) is 0.704. The molecule has 1 atom stereocenters. The number of imide groups is 1. The van der Waals surface area contributed by atoms with Gasteiger partial charge in [0.15, 0.2) is 0 Å². The maximum absolute atomic E-state index is 12.8. The topological polar surface area (TPSA) is 125 Å². The van der Waals surface area contributed by atoms with E-state index in [1.54, 1.807) is 18.2 Å². The van der Waals surface area contributed by atoms with Crippen LogP contribution in [-0.4, -0.2) is 61.5 Å². The van der Waals surface area contributed by atoms with Crippen molar-refractivity contribution in [2.45, 2.75) is 38.1 Å². The Kier molecular flexibility index (Phi) is 8.32. The number of hydrogen-bond acceptors (Lipinski definition) is 6. The molecule has 2 rings (SSSR count). The van der Waals surface area contributed by atoms with Gasteiger partial charge in [0.25, 0.3) is 11.8 Å². The van der Waals surface area contributed by atoms with E-state index >= 15 is 0 Å². The van der Waals surface area contributed by atoms with Crippen molar-refractivity contribution in [1.82, 2.24) is 15.5 Å². The number of nitrogens with one attached hydrogen (secondary N) is 3. The van der Waals surface area contributed by atoms with Crippen LogP contribution in [0.15, 0.2) is 18.2 Å². The lowest BCUT2D eigenvalue weighted by atomic mass is 10.1. The Morgan fingerprint density at radius 3 is 2.48 bits per heavy atom. The number of fused-ring (bicyclic) bond motifs is 1. The molecule has 0 radical (unpaired) electrons. The number of carbonyl (C=O) groups is 5. The maximum atomic E-state index is 12.8. The first-order valence-electron chi connectivity index (χ1n) is 9.63. The SMILES string of the molecule is CNC(=O)C(CCC=O)N1C(=O)c2ccc(NCCCCCNC=O)cc2C1=O. The lowest BCUT2D eigenvalue weighted by Crippen LogP contribution is -2.48. The van der Waals surface area contributed by atoms with E-state index in [2.05, 4.69) is 16.0 Å². The Morgan fingerprint density at radius 2 is 1.79 bits per heavy atom. The lowest BCUT2D eigenvalue weighted by Gasteiger charge is -2.24. The molecule has 4 amide bonds. The van der Waals surface area contributed by atoms with E-state index in [0.717, 1.165) is 24.2 Å². The van der Waals surface area contributed by atoms with Gasteiger partial charge in [-0.15, -0.1) is 0 Å². The summed E-state index contributed by atoms with van der Waals surface area (Å²) in [6.45, 7) is 1.33. The van der Waals surface area contributed by atoms with Crippen LogP contribution in [0.25, 0.3) is 0 Å². The van der Waals surface area contributed by atoms with Gasteiger partial charge in [-0.2, -0.15) is 0 Å². The zero-order valence-electron chi connectivity index (χ0n) is 16.4. The fourth-order valence-corrected chi connectivity index (χ4v) is 3.24. The summed E-state index contributed by atoms with van der Waals surface area (Å²) in [5, 5.41) is 8.27. The average Bonchev–Trinajstić information content (AvgIpc) is 2.97. The summed E-state index contributed by atoms with van der Waals surface area (Å²) in [4.78, 5) is 59.6. The van der Waals surface area contributed by atoms with Crippen LogP contribution >= 0.6 is 0 Å². The highest BCUT2D eigenvalue weighted by atomic mass is 16.2. The Balaban J connectivity index is 2.04. The van der Waals surface area contributed by atoms with E-state index in [1.807, 2.05) is 0 Å². The molecule has 3 N–H and O–H groups in total. The van der Waals surface area contributed by atoms with Crippen molar-refractivity contribution in [3.63, 3.8) is 0 Å². The third-order valence-electron chi connectivity index (χ3n) is 4.75. The first-order chi connectivity index (χ1) is 14.0. The minimum atomic E-state index is -1.02. The van der Waals surface area contributed by atoms with Gasteiger partial charge < -0.3 is 20.7 Å². The number of rotatable bonds is 13. The Hall–Kier alpha value is -3.23. The Labute approximate surface area is 169 Å². The van der Waals surface area contributed by atoms with Gasteiger partial charge in [-0.25, -0.2) is 0 Å². The molecule has 1 unspecified atom stereocenters. The van der Waals surface area contributed by atoms with Gasteiger partial charge in [0.2, 0.25) is 12.3 Å². The summed E-state index contributed by atoms with van der Waals surface area (Å²) in [7, 11) is 1.42. The fourth-order valence-electron chi connectivity index (χ4n) is 3.24. The van der Waals surface area contributed by atoms with Crippen LogP contribution < -0.4 is 16.0 Å². The molecular weight excluding hydrogens is 376 g/mol. The normalized spacial score (nSPS) is 13.6. The molecule has 29 heavy (non-hydrogen) atoms. The second-order valence-corrected chi connectivity index (χ2v) is 6.67. The maximum Gasteiger partial charge on any atom is 0.262 e. The predicted molar refractivity (Wildman–Crippen MR) is 107 cm³/mol. The van der Waals surface area contributed by atoms with Crippen LogP contribution in [0, 0.1) is 0 Å². The Bertz CT molecular complexity index is 780. The van der Waals surface area contributed by atoms with Gasteiger partial charge in [-0.05, 0) is 43.9 Å². The molecule has 1 aliphatic rings. The summed E-state index contributed by atoms with van der Waals surface area (Å²) in [5.41, 5.74) is 1.21. The van der Waals surface area contributed by atoms with E-state index in [4.69, 9.17) is 0 Å². The summed E-state index contributed by atoms with van der Waals surface area (Å²) >= 11 is 0. The van der Waals surface area contributed by atoms with Crippen LogP contribution in [0.1, 0.15) is 52.8 Å². The molecule has 9 heteroatoms. The van der Waals surface area contributed by atoms with E-state index in [0.29, 0.717) is 31.5 Å². The molecule has 1 aromatic rings. The number of likely N-dealkylation sites (N-methyl/N-ethyl adjacent to an activating group) is 1. The summed E-state index contributed by atoms with van der Waals surface area (Å²) in [6, 6.07) is 3.90. The number of unbranched alkanes of at least 4 members (excludes halogenated alkanes) is 2. The molecule has 0 bridgehead atoms. The van der Waals surface area contributed by atoms with Crippen molar-refractivity contribution < 1.29 is 24.0 Å². The summed E-state index contributed by atoms with van der Waals surface area (Å²) in [5.74, 6) is -1.55. The van der Waals surface area contributed by atoms with Crippen LogP contribution in [0.2, 0.25) is 0 Å². The number of aldehydes is 1. The minimum Gasteiger partial charge on any atom is -0.385 e. The minimum absolute atomic E-state index is 0.0701. The molecule has 0 aliphatic carbocycles. The molecule has 156 valence electrons. The van der Waals surface area contributed by atoms with Gasteiger partial charge in [-0.3, -0.25) is 24.1 Å². The monoisotopic (exact) mass is 402 g/mol. The zero-order valence-corrected chi connectivity index (χ0v) is 16.4. The van der Waals surface area contributed by atoms with Crippen LogP contribution in [0.3, 0.4) is 0 Å². The lowest BCUT2D eigenvalue weighted by molar-refractivity contribution is -0.124. The Morgan fingerprint density at radius 1 is 1.07 bits per heavy atom. The van der Waals surface area contributed by atoms with Crippen molar-refractivity contribution in [2.75, 3.05) is 25.5 Å². The number of carbonyl (C=O) groups excluding carboxylic acids is 5. The van der Waals surface area contributed by atoms with E-state index in [1.165, 1.54) is 7.05 Å². The summed E-state index contributed by atoms with van der Waals surface area (Å²) < 4.78 is 0. The average molecular weight is 402 g/mol. The van der Waals surface area contributed by atoms with Crippen molar-refractivity contribution >= 4 is 36.1 Å². The van der Waals surface area contributed by atoms with Crippen molar-refractivity contribution in [3.05, 3.63) is 29.3 Å². The van der Waals surface area contributed by atoms with Crippen molar-refractivity contribution in [3.8, 4) is 0 Å². The fraction of sp³-hybridized carbons (Fsp3) is 0.450. The molecule has 1 heterocycles. The first-order valence-corrected chi connectivity index (χ1v) is 9.63. The van der Waals surface area contributed by atoms with Gasteiger partial charge >= 0.3 is 0 Å². The van der Waals surface area contributed by atoms with Crippen LogP contribution in [-0.2, 0) is 14.4 Å². The first kappa shape index (κ1) is 22.1.